The van der Waals surface area contributed by atoms with Crippen LogP contribution < -0.4 is 0 Å². The van der Waals surface area contributed by atoms with Gasteiger partial charge in [0.2, 0.25) is 0 Å². The summed E-state index contributed by atoms with van der Waals surface area (Å²) in [6.45, 7) is 8.77. The molecule has 0 radical (unpaired) electrons. The van der Waals surface area contributed by atoms with E-state index in [0.29, 0.717) is 23.1 Å². The summed E-state index contributed by atoms with van der Waals surface area (Å²) in [6, 6.07) is 5.39. The molecule has 1 fully saturated rings. The van der Waals surface area contributed by atoms with Crippen LogP contribution in [0.2, 0.25) is 10.0 Å². The molecule has 6 nitrogen and oxygen atoms in total. The van der Waals surface area contributed by atoms with Crippen LogP contribution in [0.3, 0.4) is 0 Å². The number of piperidine rings is 1. The maximum atomic E-state index is 12.3. The number of aromatic nitrogens is 3. The van der Waals surface area contributed by atoms with Crippen LogP contribution in [-0.4, -0.2) is 44.4 Å². The van der Waals surface area contributed by atoms with Crippen LogP contribution in [0.5, 0.6) is 0 Å². The van der Waals surface area contributed by atoms with Crippen LogP contribution in [0, 0.1) is 6.92 Å². The number of hydrogen-bond donors (Lipinski definition) is 0. The van der Waals surface area contributed by atoms with Crippen molar-refractivity contribution in [3.8, 4) is 5.69 Å². The summed E-state index contributed by atoms with van der Waals surface area (Å²) in [4.78, 5) is 14.0. The van der Waals surface area contributed by atoms with Gasteiger partial charge in [0.05, 0.1) is 10.7 Å². The molecule has 146 valence electrons. The lowest BCUT2D eigenvalue weighted by atomic mass is 9.96. The zero-order chi connectivity index (χ0) is 19.8. The number of aryl methyl sites for hydroxylation is 1. The molecule has 27 heavy (non-hydrogen) atoms. The predicted octanol–water partition coefficient (Wildman–Crippen LogP) is 5.00. The molecule has 1 aromatic heterocycles. The Hall–Kier alpha value is -1.79. The summed E-state index contributed by atoms with van der Waals surface area (Å²) in [5, 5.41) is 9.78. The van der Waals surface area contributed by atoms with Crippen molar-refractivity contribution in [2.75, 3.05) is 13.1 Å². The van der Waals surface area contributed by atoms with Crippen molar-refractivity contribution in [2.24, 2.45) is 0 Å². The Morgan fingerprint density at radius 3 is 2.44 bits per heavy atom. The minimum absolute atomic E-state index is 0.191. The van der Waals surface area contributed by atoms with Crippen LogP contribution >= 0.6 is 23.2 Å². The maximum Gasteiger partial charge on any atom is 0.410 e. The lowest BCUT2D eigenvalue weighted by Crippen LogP contribution is -2.41. The van der Waals surface area contributed by atoms with Gasteiger partial charge in [0, 0.05) is 24.0 Å². The molecule has 0 unspecified atom stereocenters. The van der Waals surface area contributed by atoms with E-state index in [2.05, 4.69) is 10.2 Å². The zero-order valence-electron chi connectivity index (χ0n) is 16.0. The molecule has 3 rings (SSSR count). The average molecular weight is 411 g/mol. The van der Waals surface area contributed by atoms with Gasteiger partial charge < -0.3 is 9.64 Å². The van der Waals surface area contributed by atoms with Crippen molar-refractivity contribution in [3.05, 3.63) is 39.9 Å². The van der Waals surface area contributed by atoms with Crippen LogP contribution in [0.1, 0.15) is 51.2 Å². The van der Waals surface area contributed by atoms with E-state index in [-0.39, 0.29) is 12.0 Å². The number of carbonyl (C=O) groups is 1. The maximum absolute atomic E-state index is 12.3. The van der Waals surface area contributed by atoms with E-state index in [1.54, 1.807) is 17.0 Å². The quantitative estimate of drug-likeness (QED) is 0.698. The highest BCUT2D eigenvalue weighted by Gasteiger charge is 2.30. The minimum Gasteiger partial charge on any atom is -0.444 e. The normalized spacial score (nSPS) is 15.9. The largest absolute Gasteiger partial charge is 0.444 e. The van der Waals surface area contributed by atoms with E-state index in [1.807, 2.05) is 38.3 Å². The van der Waals surface area contributed by atoms with Gasteiger partial charge >= 0.3 is 6.09 Å². The number of carbonyl (C=O) groups excluding carboxylic acids is 1. The van der Waals surface area contributed by atoms with E-state index in [1.165, 1.54) is 0 Å². The summed E-state index contributed by atoms with van der Waals surface area (Å²) in [6.07, 6.45) is 1.32. The highest BCUT2D eigenvalue weighted by atomic mass is 35.5. The number of halogens is 2. The average Bonchev–Trinajstić information content (AvgIpc) is 2.95. The molecule has 1 saturated heterocycles. The van der Waals surface area contributed by atoms with Crippen molar-refractivity contribution in [2.45, 2.75) is 52.1 Å². The Morgan fingerprint density at radius 2 is 1.85 bits per heavy atom. The van der Waals surface area contributed by atoms with Crippen LogP contribution in [-0.2, 0) is 4.74 Å². The van der Waals surface area contributed by atoms with Crippen molar-refractivity contribution in [3.63, 3.8) is 0 Å². The fourth-order valence-electron chi connectivity index (χ4n) is 3.25. The van der Waals surface area contributed by atoms with Gasteiger partial charge in [0.25, 0.3) is 0 Å². The van der Waals surface area contributed by atoms with Crippen molar-refractivity contribution < 1.29 is 9.53 Å². The summed E-state index contributed by atoms with van der Waals surface area (Å²) in [5.41, 5.74) is 0.324. The van der Waals surface area contributed by atoms with Crippen molar-refractivity contribution >= 4 is 29.3 Å². The third-order valence-corrected chi connectivity index (χ3v) is 5.05. The van der Waals surface area contributed by atoms with Gasteiger partial charge in [0.1, 0.15) is 17.2 Å². The van der Waals surface area contributed by atoms with Crippen LogP contribution in [0.25, 0.3) is 5.69 Å². The lowest BCUT2D eigenvalue weighted by molar-refractivity contribution is 0.0203. The van der Waals surface area contributed by atoms with Gasteiger partial charge in [-0.25, -0.2) is 4.79 Å². The second kappa shape index (κ2) is 7.68. The molecule has 2 aromatic rings. The molecule has 0 aliphatic carbocycles. The number of rotatable bonds is 2. The number of amides is 1. The summed E-state index contributed by atoms with van der Waals surface area (Å²) >= 11 is 12.4. The minimum atomic E-state index is -0.490. The number of likely N-dealkylation sites (tertiary alicyclic amines) is 1. The summed E-state index contributed by atoms with van der Waals surface area (Å²) in [7, 11) is 0. The first kappa shape index (κ1) is 20.0. The fraction of sp³-hybridized carbons (Fsp3) is 0.526. The summed E-state index contributed by atoms with van der Waals surface area (Å²) < 4.78 is 7.44. The lowest BCUT2D eigenvalue weighted by Gasteiger charge is -2.33. The topological polar surface area (TPSA) is 60.3 Å². The highest BCUT2D eigenvalue weighted by Crippen LogP contribution is 2.32. The molecule has 8 heteroatoms. The van der Waals surface area contributed by atoms with Gasteiger partial charge in [-0.1, -0.05) is 23.2 Å². The molecule has 1 aliphatic heterocycles. The SMILES string of the molecule is Cc1nnc(C2CCN(C(=O)OC(C)(C)C)CC2)n1-c1ccc(Cl)cc1Cl. The second-order valence-electron chi connectivity index (χ2n) is 7.78. The fourth-order valence-corrected chi connectivity index (χ4v) is 3.74. The molecule has 1 aliphatic rings. The van der Waals surface area contributed by atoms with E-state index in [0.717, 1.165) is 30.2 Å². The van der Waals surface area contributed by atoms with Crippen molar-refractivity contribution in [1.82, 2.24) is 19.7 Å². The smallest absolute Gasteiger partial charge is 0.410 e. The first-order valence-corrected chi connectivity index (χ1v) is 9.76. The van der Waals surface area contributed by atoms with Crippen LogP contribution in [0.15, 0.2) is 18.2 Å². The zero-order valence-corrected chi connectivity index (χ0v) is 17.5. The molecular formula is C19H24Cl2N4O2. The number of benzene rings is 1. The van der Waals surface area contributed by atoms with E-state index >= 15 is 0 Å². The number of hydrogen-bond acceptors (Lipinski definition) is 4. The van der Waals surface area contributed by atoms with Gasteiger partial charge in [-0.15, -0.1) is 10.2 Å². The first-order valence-electron chi connectivity index (χ1n) is 9.01. The number of ether oxygens (including phenoxy) is 1. The monoisotopic (exact) mass is 410 g/mol. The summed E-state index contributed by atoms with van der Waals surface area (Å²) in [5.74, 6) is 1.82. The van der Waals surface area contributed by atoms with Gasteiger partial charge in [0.15, 0.2) is 0 Å². The Kier molecular flexibility index (Phi) is 5.68. The Balaban J connectivity index is 1.77. The molecule has 1 amide bonds. The van der Waals surface area contributed by atoms with E-state index < -0.39 is 5.60 Å². The molecular weight excluding hydrogens is 387 g/mol. The molecule has 0 N–H and O–H groups in total. The van der Waals surface area contributed by atoms with Gasteiger partial charge in [-0.3, -0.25) is 4.57 Å². The van der Waals surface area contributed by atoms with Gasteiger partial charge in [-0.05, 0) is 58.7 Å². The Labute approximate surface area is 169 Å². The predicted molar refractivity (Wildman–Crippen MR) is 106 cm³/mol. The molecule has 0 spiro atoms. The molecule has 0 atom stereocenters. The standard InChI is InChI=1S/C19H24Cl2N4O2/c1-12-22-23-17(25(12)16-6-5-14(20)11-15(16)21)13-7-9-24(10-8-13)18(26)27-19(2,3)4/h5-6,11,13H,7-10H2,1-4H3. The molecule has 0 bridgehead atoms. The Bertz CT molecular complexity index is 837. The van der Waals surface area contributed by atoms with E-state index in [4.69, 9.17) is 27.9 Å². The first-order chi connectivity index (χ1) is 12.7. The third kappa shape index (κ3) is 4.55. The highest BCUT2D eigenvalue weighted by molar-refractivity contribution is 6.35. The molecule has 2 heterocycles. The number of nitrogens with zero attached hydrogens (tertiary/aromatic N) is 4. The van der Waals surface area contributed by atoms with Crippen LogP contribution in [0.4, 0.5) is 4.79 Å². The third-order valence-electron chi connectivity index (χ3n) is 4.51. The Morgan fingerprint density at radius 1 is 1.19 bits per heavy atom. The van der Waals surface area contributed by atoms with E-state index in [9.17, 15) is 4.79 Å². The second-order valence-corrected chi connectivity index (χ2v) is 8.62. The molecule has 0 saturated carbocycles. The van der Waals surface area contributed by atoms with Crippen molar-refractivity contribution in [1.29, 1.82) is 0 Å². The molecule has 1 aromatic carbocycles. The van der Waals surface area contributed by atoms with Gasteiger partial charge in [-0.2, -0.15) is 0 Å².